The second-order valence-electron chi connectivity index (χ2n) is 4.56. The number of carbonyl (C=O) groups excluding carboxylic acids is 2. The molecule has 5 nitrogen and oxygen atoms in total. The van der Waals surface area contributed by atoms with E-state index < -0.39 is 5.54 Å². The van der Waals surface area contributed by atoms with Crippen molar-refractivity contribution in [2.75, 3.05) is 26.7 Å². The summed E-state index contributed by atoms with van der Waals surface area (Å²) in [6.45, 7) is 9.07. The van der Waals surface area contributed by atoms with Crippen LogP contribution in [0.5, 0.6) is 0 Å². The lowest BCUT2D eigenvalue weighted by Gasteiger charge is -2.32. The molecule has 0 unspecified atom stereocenters. The summed E-state index contributed by atoms with van der Waals surface area (Å²) in [5.41, 5.74) is -0.627. The first-order chi connectivity index (χ1) is 7.88. The Labute approximate surface area is 104 Å². The fourth-order valence-corrected chi connectivity index (χ4v) is 1.69. The topological polar surface area (TPSA) is 61.4 Å². The lowest BCUT2D eigenvalue weighted by molar-refractivity contribution is -0.140. The summed E-state index contributed by atoms with van der Waals surface area (Å²) in [5.74, 6) is -0.177. The molecule has 0 aliphatic carbocycles. The van der Waals surface area contributed by atoms with E-state index in [2.05, 4.69) is 10.6 Å². The summed E-state index contributed by atoms with van der Waals surface area (Å²) in [4.78, 5) is 25.2. The van der Waals surface area contributed by atoms with Crippen molar-refractivity contribution in [3.05, 3.63) is 0 Å². The minimum absolute atomic E-state index is 0.0372. The predicted molar refractivity (Wildman–Crippen MR) is 68.7 cm³/mol. The molecule has 2 N–H and O–H groups in total. The lowest BCUT2D eigenvalue weighted by Crippen LogP contribution is -2.55. The molecule has 0 atom stereocenters. The van der Waals surface area contributed by atoms with Crippen LogP contribution in [0.1, 0.15) is 34.1 Å². The summed E-state index contributed by atoms with van der Waals surface area (Å²) < 4.78 is 0. The van der Waals surface area contributed by atoms with E-state index in [-0.39, 0.29) is 18.4 Å². The normalized spacial score (nSPS) is 11.1. The number of nitrogens with zero attached hydrogens (tertiary/aromatic N) is 1. The molecular weight excluding hydrogens is 218 g/mol. The summed E-state index contributed by atoms with van der Waals surface area (Å²) in [6.07, 6.45) is 0.838. The van der Waals surface area contributed by atoms with Crippen LogP contribution in [0.25, 0.3) is 0 Å². The van der Waals surface area contributed by atoms with Crippen LogP contribution in [0, 0.1) is 0 Å². The fourth-order valence-electron chi connectivity index (χ4n) is 1.69. The Morgan fingerprint density at radius 1 is 1.24 bits per heavy atom. The summed E-state index contributed by atoms with van der Waals surface area (Å²) in [5, 5.41) is 5.67. The molecule has 0 spiro atoms. The van der Waals surface area contributed by atoms with Gasteiger partial charge in [-0.05, 0) is 26.8 Å². The van der Waals surface area contributed by atoms with E-state index in [1.807, 2.05) is 27.7 Å². The average molecular weight is 243 g/mol. The molecule has 0 bridgehead atoms. The quantitative estimate of drug-likeness (QED) is 0.678. The minimum Gasteiger partial charge on any atom is -0.358 e. The van der Waals surface area contributed by atoms with Crippen molar-refractivity contribution in [2.24, 2.45) is 0 Å². The second kappa shape index (κ2) is 7.27. The number of hydrogen-bond donors (Lipinski definition) is 2. The number of hydrogen-bond acceptors (Lipinski definition) is 3. The summed E-state index contributed by atoms with van der Waals surface area (Å²) in [6, 6.07) is 0. The molecule has 0 aliphatic rings. The molecule has 2 amide bonds. The highest BCUT2D eigenvalue weighted by molar-refractivity contribution is 5.89. The van der Waals surface area contributed by atoms with Crippen LogP contribution >= 0.6 is 0 Å². The van der Waals surface area contributed by atoms with Gasteiger partial charge in [0.15, 0.2) is 0 Å². The molecule has 0 saturated carbocycles. The third kappa shape index (κ3) is 5.17. The molecule has 0 aromatic rings. The first-order valence-electron chi connectivity index (χ1n) is 6.14. The van der Waals surface area contributed by atoms with Crippen molar-refractivity contribution in [1.82, 2.24) is 15.5 Å². The maximum absolute atomic E-state index is 12.3. The number of rotatable bonds is 7. The van der Waals surface area contributed by atoms with Gasteiger partial charge in [0.2, 0.25) is 11.8 Å². The van der Waals surface area contributed by atoms with Crippen molar-refractivity contribution in [3.63, 3.8) is 0 Å². The highest BCUT2D eigenvalue weighted by atomic mass is 16.2. The number of carbonyl (C=O) groups is 2. The molecule has 0 fully saturated rings. The van der Waals surface area contributed by atoms with E-state index in [9.17, 15) is 9.59 Å². The molecule has 17 heavy (non-hydrogen) atoms. The number of likely N-dealkylation sites (N-methyl/N-ethyl adjacent to an activating group) is 2. The molecule has 0 aliphatic heterocycles. The van der Waals surface area contributed by atoms with Gasteiger partial charge < -0.3 is 15.5 Å². The van der Waals surface area contributed by atoms with E-state index in [1.54, 1.807) is 11.9 Å². The molecule has 0 rings (SSSR count). The average Bonchev–Trinajstić information content (AvgIpc) is 2.27. The second-order valence-corrected chi connectivity index (χ2v) is 4.56. The largest absolute Gasteiger partial charge is 0.358 e. The zero-order valence-corrected chi connectivity index (χ0v) is 11.6. The maximum Gasteiger partial charge on any atom is 0.242 e. The molecule has 0 heterocycles. The molecular formula is C12H25N3O2. The van der Waals surface area contributed by atoms with Crippen LogP contribution in [-0.4, -0.2) is 48.9 Å². The molecule has 100 valence electrons. The summed E-state index contributed by atoms with van der Waals surface area (Å²) in [7, 11) is 1.58. The van der Waals surface area contributed by atoms with Crippen LogP contribution in [0.15, 0.2) is 0 Å². The van der Waals surface area contributed by atoms with Crippen molar-refractivity contribution < 1.29 is 9.59 Å². The monoisotopic (exact) mass is 243 g/mol. The fraction of sp³-hybridized carbons (Fsp3) is 0.833. The molecule has 0 saturated heterocycles. The van der Waals surface area contributed by atoms with E-state index in [1.165, 1.54) is 0 Å². The van der Waals surface area contributed by atoms with Crippen LogP contribution in [0.4, 0.5) is 0 Å². The van der Waals surface area contributed by atoms with Gasteiger partial charge in [-0.3, -0.25) is 9.59 Å². The predicted octanol–water partition coefficient (Wildman–Crippen LogP) is 0.359. The Morgan fingerprint density at radius 2 is 1.82 bits per heavy atom. The van der Waals surface area contributed by atoms with Crippen LogP contribution in [0.3, 0.4) is 0 Å². The minimum atomic E-state index is -0.627. The Hall–Kier alpha value is -1.10. The third-order valence-electron chi connectivity index (χ3n) is 2.55. The van der Waals surface area contributed by atoms with Gasteiger partial charge in [0, 0.05) is 13.6 Å². The van der Waals surface area contributed by atoms with Crippen LogP contribution < -0.4 is 10.6 Å². The van der Waals surface area contributed by atoms with Gasteiger partial charge >= 0.3 is 0 Å². The van der Waals surface area contributed by atoms with Crippen molar-refractivity contribution in [3.8, 4) is 0 Å². The Balaban J connectivity index is 4.68. The van der Waals surface area contributed by atoms with Crippen molar-refractivity contribution >= 4 is 11.8 Å². The molecule has 0 aromatic heterocycles. The smallest absolute Gasteiger partial charge is 0.242 e. The molecule has 5 heteroatoms. The van der Waals surface area contributed by atoms with Gasteiger partial charge in [-0.1, -0.05) is 13.8 Å². The first-order valence-corrected chi connectivity index (χ1v) is 6.14. The highest BCUT2D eigenvalue weighted by Crippen LogP contribution is 2.08. The van der Waals surface area contributed by atoms with E-state index >= 15 is 0 Å². The van der Waals surface area contributed by atoms with Crippen molar-refractivity contribution in [1.29, 1.82) is 0 Å². The lowest BCUT2D eigenvalue weighted by atomic mass is 10.0. The standard InChI is InChI=1S/C12H25N3O2/c1-6-8-15(9-10(16)13-5)11(17)12(3,4)14-7-2/h14H,6-9H2,1-5H3,(H,13,16). The first kappa shape index (κ1) is 15.9. The van der Waals surface area contributed by atoms with Crippen LogP contribution in [0.2, 0.25) is 0 Å². The van der Waals surface area contributed by atoms with Gasteiger partial charge in [0.05, 0.1) is 12.1 Å². The Kier molecular flexibility index (Phi) is 6.80. The number of amides is 2. The Morgan fingerprint density at radius 3 is 2.24 bits per heavy atom. The highest BCUT2D eigenvalue weighted by Gasteiger charge is 2.31. The zero-order valence-electron chi connectivity index (χ0n) is 11.6. The zero-order chi connectivity index (χ0) is 13.5. The van der Waals surface area contributed by atoms with Gasteiger partial charge in [-0.25, -0.2) is 0 Å². The SMILES string of the molecule is CCCN(CC(=O)NC)C(=O)C(C)(C)NCC. The maximum atomic E-state index is 12.3. The van der Waals surface area contributed by atoms with E-state index in [0.717, 1.165) is 13.0 Å². The third-order valence-corrected chi connectivity index (χ3v) is 2.55. The van der Waals surface area contributed by atoms with Gasteiger partial charge in [-0.15, -0.1) is 0 Å². The summed E-state index contributed by atoms with van der Waals surface area (Å²) >= 11 is 0. The molecule has 0 aromatic carbocycles. The van der Waals surface area contributed by atoms with Gasteiger partial charge in [-0.2, -0.15) is 0 Å². The molecule has 0 radical (unpaired) electrons. The number of nitrogens with one attached hydrogen (secondary N) is 2. The van der Waals surface area contributed by atoms with Crippen molar-refractivity contribution in [2.45, 2.75) is 39.7 Å². The van der Waals surface area contributed by atoms with Crippen LogP contribution in [-0.2, 0) is 9.59 Å². The van der Waals surface area contributed by atoms with E-state index in [4.69, 9.17) is 0 Å². The van der Waals surface area contributed by atoms with Gasteiger partial charge in [0.25, 0.3) is 0 Å². The Bertz CT molecular complexity index is 264. The van der Waals surface area contributed by atoms with E-state index in [0.29, 0.717) is 6.54 Å². The van der Waals surface area contributed by atoms with Gasteiger partial charge in [0.1, 0.15) is 0 Å².